The van der Waals surface area contributed by atoms with Gasteiger partial charge >= 0.3 is 5.97 Å². The van der Waals surface area contributed by atoms with E-state index in [0.29, 0.717) is 12.2 Å². The molecule has 1 atom stereocenters. The highest BCUT2D eigenvalue weighted by atomic mass is 35.5. The van der Waals surface area contributed by atoms with Gasteiger partial charge in [-0.2, -0.15) is 5.10 Å². The molecule has 0 spiro atoms. The summed E-state index contributed by atoms with van der Waals surface area (Å²) in [4.78, 5) is 25.3. The number of carbonyl (C=O) groups excluding carboxylic acids is 1. The Balaban J connectivity index is 1.91. The lowest BCUT2D eigenvalue weighted by Gasteiger charge is -2.30. The van der Waals surface area contributed by atoms with Crippen molar-refractivity contribution in [2.45, 2.75) is 13.0 Å². The lowest BCUT2D eigenvalue weighted by molar-refractivity contribution is -0.154. The van der Waals surface area contributed by atoms with Gasteiger partial charge in [0.2, 0.25) is 0 Å². The van der Waals surface area contributed by atoms with Crippen LogP contribution in [-0.4, -0.2) is 57.5 Å². The standard InChI is InChI=1S/C16H16ClN3O4/c1-10-13(14(17)20(18-10)11-5-3-2-4-6-11)15(21)19-7-8-24-12(9-19)16(22)23/h2-6,12H,7-9H2,1H3,(H,22,23). The lowest BCUT2D eigenvalue weighted by Crippen LogP contribution is -2.48. The zero-order chi connectivity index (χ0) is 17.3. The number of halogens is 1. The van der Waals surface area contributed by atoms with E-state index in [9.17, 15) is 9.59 Å². The zero-order valence-corrected chi connectivity index (χ0v) is 13.7. The molecule has 1 N–H and O–H groups in total. The SMILES string of the molecule is Cc1nn(-c2ccccc2)c(Cl)c1C(=O)N1CCOC(C(=O)O)C1. The van der Waals surface area contributed by atoms with Gasteiger partial charge in [-0.1, -0.05) is 29.8 Å². The molecule has 0 saturated carbocycles. The topological polar surface area (TPSA) is 84.7 Å². The largest absolute Gasteiger partial charge is 0.479 e. The van der Waals surface area contributed by atoms with Crippen molar-refractivity contribution < 1.29 is 19.4 Å². The molecule has 8 heteroatoms. The number of carbonyl (C=O) groups is 2. The van der Waals surface area contributed by atoms with E-state index in [4.69, 9.17) is 21.4 Å². The van der Waals surface area contributed by atoms with E-state index >= 15 is 0 Å². The Labute approximate surface area is 143 Å². The monoisotopic (exact) mass is 349 g/mol. The van der Waals surface area contributed by atoms with Gasteiger partial charge in [0, 0.05) is 6.54 Å². The van der Waals surface area contributed by atoms with Gasteiger partial charge in [0.25, 0.3) is 5.91 Å². The molecule has 0 radical (unpaired) electrons. The minimum Gasteiger partial charge on any atom is -0.479 e. The average molecular weight is 350 g/mol. The predicted octanol–water partition coefficient (Wildman–Crippen LogP) is 1.76. The number of hydrogen-bond acceptors (Lipinski definition) is 4. The second-order valence-corrected chi connectivity index (χ2v) is 5.81. The molecule has 1 aliphatic rings. The number of ether oxygens (including phenoxy) is 1. The Morgan fingerprint density at radius 2 is 2.04 bits per heavy atom. The maximum absolute atomic E-state index is 12.8. The van der Waals surface area contributed by atoms with E-state index in [1.54, 1.807) is 6.92 Å². The number of nitrogens with zero attached hydrogens (tertiary/aromatic N) is 3. The summed E-state index contributed by atoms with van der Waals surface area (Å²) in [5.41, 5.74) is 1.52. The second kappa shape index (κ2) is 6.62. The summed E-state index contributed by atoms with van der Waals surface area (Å²) in [6.45, 7) is 2.18. The fourth-order valence-electron chi connectivity index (χ4n) is 2.62. The zero-order valence-electron chi connectivity index (χ0n) is 13.0. The Bertz CT molecular complexity index is 775. The molecule has 1 aromatic carbocycles. The van der Waals surface area contributed by atoms with Crippen molar-refractivity contribution in [1.82, 2.24) is 14.7 Å². The number of carboxylic acid groups (broad SMARTS) is 1. The summed E-state index contributed by atoms with van der Waals surface area (Å²) < 4.78 is 6.64. The number of morpholine rings is 1. The molecule has 1 amide bonds. The Morgan fingerprint density at radius 3 is 2.71 bits per heavy atom. The van der Waals surface area contributed by atoms with E-state index in [2.05, 4.69) is 5.10 Å². The first-order valence-electron chi connectivity index (χ1n) is 7.43. The highest BCUT2D eigenvalue weighted by molar-refractivity contribution is 6.33. The number of amides is 1. The predicted molar refractivity (Wildman–Crippen MR) is 86.6 cm³/mol. The van der Waals surface area contributed by atoms with Crippen LogP contribution in [0.3, 0.4) is 0 Å². The summed E-state index contributed by atoms with van der Waals surface area (Å²) in [7, 11) is 0. The fourth-order valence-corrected chi connectivity index (χ4v) is 2.98. The van der Waals surface area contributed by atoms with Crippen molar-refractivity contribution in [2.24, 2.45) is 0 Å². The molecular formula is C16H16ClN3O4. The maximum Gasteiger partial charge on any atom is 0.334 e. The molecule has 1 saturated heterocycles. The number of aromatic nitrogens is 2. The van der Waals surface area contributed by atoms with Crippen LogP contribution in [0.5, 0.6) is 0 Å². The first kappa shape index (κ1) is 16.5. The van der Waals surface area contributed by atoms with Crippen LogP contribution < -0.4 is 0 Å². The number of hydrogen-bond donors (Lipinski definition) is 1. The van der Waals surface area contributed by atoms with Crippen LogP contribution in [0, 0.1) is 6.92 Å². The lowest BCUT2D eigenvalue weighted by atomic mass is 10.2. The van der Waals surface area contributed by atoms with Crippen LogP contribution in [0.4, 0.5) is 0 Å². The molecular weight excluding hydrogens is 334 g/mol. The van der Waals surface area contributed by atoms with Gasteiger partial charge in [0.1, 0.15) is 5.15 Å². The van der Waals surface area contributed by atoms with Crippen molar-refractivity contribution in [3.63, 3.8) is 0 Å². The summed E-state index contributed by atoms with van der Waals surface area (Å²) in [5, 5.41) is 13.6. The Morgan fingerprint density at radius 1 is 1.33 bits per heavy atom. The normalized spacial score (nSPS) is 17.8. The second-order valence-electron chi connectivity index (χ2n) is 5.45. The van der Waals surface area contributed by atoms with E-state index in [-0.39, 0.29) is 29.8 Å². The van der Waals surface area contributed by atoms with Crippen molar-refractivity contribution >= 4 is 23.5 Å². The Kier molecular flexibility index (Phi) is 4.55. The molecule has 1 aromatic heterocycles. The number of benzene rings is 1. The molecule has 1 unspecified atom stereocenters. The van der Waals surface area contributed by atoms with Crippen LogP contribution >= 0.6 is 11.6 Å². The quantitative estimate of drug-likeness (QED) is 0.912. The van der Waals surface area contributed by atoms with Crippen LogP contribution in [0.15, 0.2) is 30.3 Å². The van der Waals surface area contributed by atoms with E-state index in [0.717, 1.165) is 5.69 Å². The fraction of sp³-hybridized carbons (Fsp3) is 0.312. The third-order valence-corrected chi connectivity index (χ3v) is 4.20. The first-order chi connectivity index (χ1) is 11.5. The van der Waals surface area contributed by atoms with Crippen molar-refractivity contribution in [1.29, 1.82) is 0 Å². The molecule has 2 heterocycles. The molecule has 0 bridgehead atoms. The number of rotatable bonds is 3. The number of carboxylic acids is 1. The summed E-state index contributed by atoms with van der Waals surface area (Å²) >= 11 is 6.38. The van der Waals surface area contributed by atoms with Crippen LogP contribution in [-0.2, 0) is 9.53 Å². The van der Waals surface area contributed by atoms with Crippen LogP contribution in [0.1, 0.15) is 16.1 Å². The molecule has 0 aliphatic carbocycles. The summed E-state index contributed by atoms with van der Waals surface area (Å²) in [5.74, 6) is -1.43. The van der Waals surface area contributed by atoms with E-state index < -0.39 is 12.1 Å². The third-order valence-electron chi connectivity index (χ3n) is 3.85. The van der Waals surface area contributed by atoms with Crippen LogP contribution in [0.2, 0.25) is 5.15 Å². The maximum atomic E-state index is 12.8. The van der Waals surface area contributed by atoms with Gasteiger partial charge < -0.3 is 14.7 Å². The molecule has 1 fully saturated rings. The number of para-hydroxylation sites is 1. The first-order valence-corrected chi connectivity index (χ1v) is 7.81. The molecule has 2 aromatic rings. The van der Waals surface area contributed by atoms with Gasteiger partial charge in [-0.15, -0.1) is 0 Å². The highest BCUT2D eigenvalue weighted by Crippen LogP contribution is 2.25. The van der Waals surface area contributed by atoms with E-state index in [1.165, 1.54) is 9.58 Å². The molecule has 7 nitrogen and oxygen atoms in total. The highest BCUT2D eigenvalue weighted by Gasteiger charge is 2.32. The van der Waals surface area contributed by atoms with Crippen molar-refractivity contribution in [3.05, 3.63) is 46.7 Å². The smallest absolute Gasteiger partial charge is 0.334 e. The summed E-state index contributed by atoms with van der Waals surface area (Å²) in [6, 6.07) is 9.25. The van der Waals surface area contributed by atoms with Crippen molar-refractivity contribution in [3.8, 4) is 5.69 Å². The number of aryl methyl sites for hydroxylation is 1. The minimum atomic E-state index is -1.09. The summed E-state index contributed by atoms with van der Waals surface area (Å²) in [6.07, 6.45) is -1.02. The van der Waals surface area contributed by atoms with Gasteiger partial charge in [0.15, 0.2) is 6.10 Å². The van der Waals surface area contributed by atoms with Gasteiger partial charge in [0.05, 0.1) is 30.1 Å². The number of aliphatic carboxylic acids is 1. The molecule has 24 heavy (non-hydrogen) atoms. The minimum absolute atomic E-state index is 0.0134. The van der Waals surface area contributed by atoms with Crippen LogP contribution in [0.25, 0.3) is 5.69 Å². The Hall–Kier alpha value is -2.38. The third kappa shape index (κ3) is 3.00. The molecule has 3 rings (SSSR count). The van der Waals surface area contributed by atoms with E-state index in [1.807, 2.05) is 30.3 Å². The van der Waals surface area contributed by atoms with Gasteiger partial charge in [-0.3, -0.25) is 4.79 Å². The van der Waals surface area contributed by atoms with Crippen molar-refractivity contribution in [2.75, 3.05) is 19.7 Å². The molecule has 1 aliphatic heterocycles. The van der Waals surface area contributed by atoms with Gasteiger partial charge in [-0.25, -0.2) is 9.48 Å². The average Bonchev–Trinajstić information content (AvgIpc) is 2.89. The molecule has 126 valence electrons. The van der Waals surface area contributed by atoms with Gasteiger partial charge in [-0.05, 0) is 19.1 Å².